The fraction of sp³-hybridized carbons (Fsp3) is 0.700. The summed E-state index contributed by atoms with van der Waals surface area (Å²) in [6.07, 6.45) is 3.61. The van der Waals surface area contributed by atoms with E-state index in [1.54, 1.807) is 0 Å². The molecule has 1 aromatic heterocycles. The van der Waals surface area contributed by atoms with E-state index in [9.17, 15) is 9.90 Å². The highest BCUT2D eigenvalue weighted by Gasteiger charge is 2.23. The average Bonchev–Trinajstić information content (AvgIpc) is 2.74. The molecule has 1 heterocycles. The Morgan fingerprint density at radius 3 is 2.94 bits per heavy atom. The molecule has 7 heteroatoms. The zero-order valence-electron chi connectivity index (χ0n) is 9.52. The highest BCUT2D eigenvalue weighted by molar-refractivity contribution is 5.90. The quantitative estimate of drug-likeness (QED) is 0.576. The Balaban J connectivity index is 1.83. The molecule has 1 fully saturated rings. The number of anilines is 1. The first-order valence-corrected chi connectivity index (χ1v) is 5.81. The van der Waals surface area contributed by atoms with Crippen LogP contribution in [-0.4, -0.2) is 38.8 Å². The molecule has 1 amide bonds. The van der Waals surface area contributed by atoms with Gasteiger partial charge in [-0.15, -0.1) is 5.10 Å². The summed E-state index contributed by atoms with van der Waals surface area (Å²) in [7, 11) is 0. The van der Waals surface area contributed by atoms with Gasteiger partial charge in [0.05, 0.1) is 6.10 Å². The van der Waals surface area contributed by atoms with Crippen LogP contribution < -0.4 is 11.1 Å². The van der Waals surface area contributed by atoms with Crippen LogP contribution in [0.15, 0.2) is 0 Å². The number of aliphatic hydroxyl groups is 1. The fourth-order valence-corrected chi connectivity index (χ4v) is 2.11. The van der Waals surface area contributed by atoms with Crippen molar-refractivity contribution in [3.8, 4) is 0 Å². The second-order valence-electron chi connectivity index (χ2n) is 4.36. The third kappa shape index (κ3) is 2.94. The van der Waals surface area contributed by atoms with Crippen LogP contribution in [0.3, 0.4) is 0 Å². The minimum absolute atomic E-state index is 0.0489. The fourth-order valence-electron chi connectivity index (χ4n) is 2.11. The first kappa shape index (κ1) is 11.8. The average molecular weight is 239 g/mol. The van der Waals surface area contributed by atoms with E-state index < -0.39 is 0 Å². The number of nitrogens with two attached hydrogens (primary N) is 1. The number of amides is 1. The van der Waals surface area contributed by atoms with Gasteiger partial charge in [0.2, 0.25) is 11.8 Å². The molecule has 94 valence electrons. The Hall–Kier alpha value is -1.63. The summed E-state index contributed by atoms with van der Waals surface area (Å²) >= 11 is 0. The van der Waals surface area contributed by atoms with Crippen molar-refractivity contribution in [3.05, 3.63) is 5.82 Å². The van der Waals surface area contributed by atoms with Crippen molar-refractivity contribution in [3.63, 3.8) is 0 Å². The van der Waals surface area contributed by atoms with Crippen molar-refractivity contribution in [1.29, 1.82) is 0 Å². The van der Waals surface area contributed by atoms with Gasteiger partial charge in [0.25, 0.3) is 5.91 Å². The number of H-pyrrole nitrogens is 1. The molecule has 17 heavy (non-hydrogen) atoms. The van der Waals surface area contributed by atoms with Crippen LogP contribution in [-0.2, 0) is 0 Å². The zero-order chi connectivity index (χ0) is 12.3. The van der Waals surface area contributed by atoms with Gasteiger partial charge in [0.15, 0.2) is 0 Å². The molecule has 1 saturated carbocycles. The van der Waals surface area contributed by atoms with Gasteiger partial charge in [-0.05, 0) is 12.8 Å². The molecule has 0 radical (unpaired) electrons. The summed E-state index contributed by atoms with van der Waals surface area (Å²) < 4.78 is 0. The largest absolute Gasteiger partial charge is 0.393 e. The van der Waals surface area contributed by atoms with E-state index in [2.05, 4.69) is 20.5 Å². The van der Waals surface area contributed by atoms with Gasteiger partial charge < -0.3 is 16.2 Å². The van der Waals surface area contributed by atoms with E-state index in [4.69, 9.17) is 5.73 Å². The Morgan fingerprint density at radius 1 is 1.53 bits per heavy atom. The summed E-state index contributed by atoms with van der Waals surface area (Å²) in [6.45, 7) is 0.459. The van der Waals surface area contributed by atoms with Gasteiger partial charge in [-0.1, -0.05) is 12.8 Å². The topological polar surface area (TPSA) is 117 Å². The molecule has 0 saturated heterocycles. The predicted octanol–water partition coefficient (Wildman–Crippen LogP) is -0.332. The SMILES string of the molecule is Nc1n[nH]c(C(=O)NCC2CCCCC2O)n1. The zero-order valence-corrected chi connectivity index (χ0v) is 9.52. The minimum atomic E-state index is -0.341. The van der Waals surface area contributed by atoms with E-state index >= 15 is 0 Å². The van der Waals surface area contributed by atoms with E-state index in [1.807, 2.05) is 0 Å². The number of nitrogen functional groups attached to an aromatic ring is 1. The number of nitrogens with one attached hydrogen (secondary N) is 2. The number of carbonyl (C=O) groups excluding carboxylic acids is 1. The van der Waals surface area contributed by atoms with Crippen molar-refractivity contribution < 1.29 is 9.90 Å². The van der Waals surface area contributed by atoms with Crippen LogP contribution in [0, 0.1) is 5.92 Å². The van der Waals surface area contributed by atoms with Crippen molar-refractivity contribution >= 4 is 11.9 Å². The Bertz CT molecular complexity index is 392. The Labute approximate surface area is 98.8 Å². The number of aromatic amines is 1. The number of aliphatic hydroxyl groups excluding tert-OH is 1. The molecular weight excluding hydrogens is 222 g/mol. The van der Waals surface area contributed by atoms with Crippen molar-refractivity contribution in [2.24, 2.45) is 5.92 Å². The number of aromatic nitrogens is 3. The molecule has 0 bridgehead atoms. The molecular formula is C10H17N5O2. The lowest BCUT2D eigenvalue weighted by Crippen LogP contribution is -2.37. The first-order chi connectivity index (χ1) is 8.16. The summed E-state index contributed by atoms with van der Waals surface area (Å²) in [5, 5.41) is 18.5. The lowest BCUT2D eigenvalue weighted by Gasteiger charge is -2.27. The van der Waals surface area contributed by atoms with Gasteiger partial charge in [-0.25, -0.2) is 0 Å². The maximum absolute atomic E-state index is 11.6. The highest BCUT2D eigenvalue weighted by Crippen LogP contribution is 2.23. The molecule has 7 nitrogen and oxygen atoms in total. The number of carbonyl (C=O) groups is 1. The van der Waals surface area contributed by atoms with Crippen LogP contribution >= 0.6 is 0 Å². The number of nitrogens with zero attached hydrogens (tertiary/aromatic N) is 2. The third-order valence-corrected chi connectivity index (χ3v) is 3.11. The Kier molecular flexibility index (Phi) is 3.58. The van der Waals surface area contributed by atoms with E-state index in [1.165, 1.54) is 0 Å². The predicted molar refractivity (Wildman–Crippen MR) is 61.1 cm³/mol. The van der Waals surface area contributed by atoms with E-state index in [0.29, 0.717) is 6.54 Å². The van der Waals surface area contributed by atoms with Crippen LogP contribution in [0.5, 0.6) is 0 Å². The number of hydrogen-bond acceptors (Lipinski definition) is 5. The molecule has 1 aromatic rings. The van der Waals surface area contributed by atoms with Gasteiger partial charge in [-0.3, -0.25) is 9.89 Å². The molecule has 0 spiro atoms. The van der Waals surface area contributed by atoms with Crippen LogP contribution in [0.25, 0.3) is 0 Å². The monoisotopic (exact) mass is 239 g/mol. The second-order valence-corrected chi connectivity index (χ2v) is 4.36. The molecule has 2 unspecified atom stereocenters. The molecule has 5 N–H and O–H groups in total. The van der Waals surface area contributed by atoms with Gasteiger partial charge in [0, 0.05) is 12.5 Å². The summed E-state index contributed by atoms with van der Waals surface area (Å²) in [6, 6.07) is 0. The molecule has 2 rings (SSSR count). The normalized spacial score (nSPS) is 24.5. The molecule has 2 atom stereocenters. The molecule has 1 aliphatic carbocycles. The maximum atomic E-state index is 11.6. The molecule has 1 aliphatic rings. The lowest BCUT2D eigenvalue weighted by molar-refractivity contribution is 0.0660. The van der Waals surface area contributed by atoms with Gasteiger partial charge >= 0.3 is 0 Å². The summed E-state index contributed by atoms with van der Waals surface area (Å²) in [5.41, 5.74) is 5.30. The van der Waals surface area contributed by atoms with Crippen molar-refractivity contribution in [2.75, 3.05) is 12.3 Å². The van der Waals surface area contributed by atoms with Crippen LogP contribution in [0.4, 0.5) is 5.95 Å². The molecule has 0 aliphatic heterocycles. The van der Waals surface area contributed by atoms with E-state index in [-0.39, 0.29) is 29.7 Å². The second kappa shape index (κ2) is 5.13. The summed E-state index contributed by atoms with van der Waals surface area (Å²) in [4.78, 5) is 15.4. The van der Waals surface area contributed by atoms with Gasteiger partial charge in [-0.2, -0.15) is 4.98 Å². The minimum Gasteiger partial charge on any atom is -0.393 e. The van der Waals surface area contributed by atoms with E-state index in [0.717, 1.165) is 25.7 Å². The number of hydrogen-bond donors (Lipinski definition) is 4. The van der Waals surface area contributed by atoms with Crippen LogP contribution in [0.2, 0.25) is 0 Å². The van der Waals surface area contributed by atoms with Crippen molar-refractivity contribution in [2.45, 2.75) is 31.8 Å². The number of rotatable bonds is 3. The Morgan fingerprint density at radius 2 is 2.29 bits per heavy atom. The van der Waals surface area contributed by atoms with Gasteiger partial charge in [0.1, 0.15) is 0 Å². The highest BCUT2D eigenvalue weighted by atomic mass is 16.3. The first-order valence-electron chi connectivity index (χ1n) is 5.81. The standard InChI is InChI=1S/C10H17N5O2/c11-10-13-8(14-15-10)9(17)12-5-6-3-1-2-4-7(6)16/h6-7,16H,1-5H2,(H,12,17)(H3,11,13,14,15). The van der Waals surface area contributed by atoms with Crippen LogP contribution in [0.1, 0.15) is 36.3 Å². The lowest BCUT2D eigenvalue weighted by atomic mass is 9.86. The maximum Gasteiger partial charge on any atom is 0.288 e. The smallest absolute Gasteiger partial charge is 0.288 e. The third-order valence-electron chi connectivity index (χ3n) is 3.11. The van der Waals surface area contributed by atoms with Crippen molar-refractivity contribution in [1.82, 2.24) is 20.5 Å². The summed E-state index contributed by atoms with van der Waals surface area (Å²) in [5.74, 6) is -0.0550. The molecule has 0 aromatic carbocycles.